The molecule has 0 aromatic carbocycles. The zero-order chi connectivity index (χ0) is 21.3. The Hall–Kier alpha value is 0.134. The van der Waals surface area contributed by atoms with Crippen molar-refractivity contribution in [1.82, 2.24) is 0 Å². The van der Waals surface area contributed by atoms with Crippen molar-refractivity contribution < 1.29 is 4.43 Å². The fourth-order valence-electron chi connectivity index (χ4n) is 4.84. The Balaban J connectivity index is 2.06. The first-order valence-corrected chi connectivity index (χ1v) is 17.2. The Morgan fingerprint density at radius 3 is 2.38 bits per heavy atom. The standard InChI is InChI=1S/C26H50OSi2/c1-7-8-9-13-19-28-21-24-23(20-22-15-11-10-12-16-22)17-14-18-25(24)27-29(5,6)26(2,3)4/h20,22,24-25H,7-19,21H2,1-6H3/b23-20+/t24-,25-/m0/s1. The quantitative estimate of drug-likeness (QED) is 0.189. The van der Waals surface area contributed by atoms with Gasteiger partial charge in [-0.05, 0) is 56.2 Å². The molecule has 2 atom stereocenters. The van der Waals surface area contributed by atoms with Crippen molar-refractivity contribution in [3.05, 3.63) is 11.6 Å². The first-order chi connectivity index (χ1) is 13.7. The molecule has 2 saturated carbocycles. The van der Waals surface area contributed by atoms with Gasteiger partial charge in [-0.3, -0.25) is 0 Å². The molecule has 3 heteroatoms. The number of hydrogen-bond acceptors (Lipinski definition) is 1. The van der Waals surface area contributed by atoms with Crippen molar-refractivity contribution in [1.29, 1.82) is 0 Å². The van der Waals surface area contributed by atoms with Crippen LogP contribution in [-0.4, -0.2) is 23.9 Å². The number of hydrogen-bond donors (Lipinski definition) is 0. The zero-order valence-corrected chi connectivity index (χ0v) is 22.6. The molecule has 29 heavy (non-hydrogen) atoms. The van der Waals surface area contributed by atoms with E-state index in [9.17, 15) is 0 Å². The summed E-state index contributed by atoms with van der Waals surface area (Å²) in [5.41, 5.74) is 1.80. The molecule has 0 aromatic rings. The van der Waals surface area contributed by atoms with Crippen LogP contribution in [0, 0.1) is 11.8 Å². The van der Waals surface area contributed by atoms with Crippen LogP contribution in [-0.2, 0) is 4.43 Å². The molecule has 0 saturated heterocycles. The molecule has 0 amide bonds. The summed E-state index contributed by atoms with van der Waals surface area (Å²) in [7, 11) is -0.579. The van der Waals surface area contributed by atoms with Gasteiger partial charge in [0.15, 0.2) is 8.32 Å². The van der Waals surface area contributed by atoms with E-state index >= 15 is 0 Å². The lowest BCUT2D eigenvalue weighted by atomic mass is 9.79. The maximum Gasteiger partial charge on any atom is 0.192 e. The summed E-state index contributed by atoms with van der Waals surface area (Å²) in [6.45, 7) is 14.4. The minimum atomic E-state index is -1.71. The van der Waals surface area contributed by atoms with Gasteiger partial charge in [0.05, 0.1) is 6.10 Å². The molecule has 2 radical (unpaired) electrons. The molecule has 0 heterocycles. The lowest BCUT2D eigenvalue weighted by Gasteiger charge is -2.44. The van der Waals surface area contributed by atoms with E-state index < -0.39 is 8.32 Å². The van der Waals surface area contributed by atoms with Crippen LogP contribution < -0.4 is 0 Å². The van der Waals surface area contributed by atoms with E-state index in [-0.39, 0.29) is 0 Å². The van der Waals surface area contributed by atoms with E-state index in [2.05, 4.69) is 46.9 Å². The lowest BCUT2D eigenvalue weighted by Crippen LogP contribution is -2.47. The first kappa shape index (κ1) is 25.4. The van der Waals surface area contributed by atoms with Gasteiger partial charge in [0.2, 0.25) is 0 Å². The van der Waals surface area contributed by atoms with Crippen LogP contribution in [0.5, 0.6) is 0 Å². The van der Waals surface area contributed by atoms with Crippen molar-refractivity contribution in [3.8, 4) is 0 Å². The van der Waals surface area contributed by atoms with E-state index in [1.807, 2.05) is 0 Å². The summed E-state index contributed by atoms with van der Waals surface area (Å²) in [5, 5.41) is 0.310. The van der Waals surface area contributed by atoms with Crippen LogP contribution >= 0.6 is 0 Å². The topological polar surface area (TPSA) is 9.23 Å². The third-order valence-electron chi connectivity index (χ3n) is 7.80. The van der Waals surface area contributed by atoms with E-state index in [1.54, 1.807) is 5.57 Å². The second-order valence-electron chi connectivity index (χ2n) is 11.3. The predicted molar refractivity (Wildman–Crippen MR) is 134 cm³/mol. The van der Waals surface area contributed by atoms with Gasteiger partial charge in [0.25, 0.3) is 0 Å². The summed E-state index contributed by atoms with van der Waals surface area (Å²) in [6.07, 6.45) is 20.1. The van der Waals surface area contributed by atoms with Gasteiger partial charge in [0.1, 0.15) is 0 Å². The molecular formula is C26H50OSi2. The SMILES string of the molecule is CCCCCC[Si]C[C@H]1/C(=C/C2CCCCC2)CCC[C@@H]1O[Si](C)(C)C(C)(C)C. The van der Waals surface area contributed by atoms with Crippen LogP contribution in [0.4, 0.5) is 0 Å². The maximum atomic E-state index is 7.07. The van der Waals surface area contributed by atoms with Gasteiger partial charge >= 0.3 is 0 Å². The fourth-order valence-corrected chi connectivity index (χ4v) is 7.77. The normalized spacial score (nSPS) is 26.2. The van der Waals surface area contributed by atoms with Crippen molar-refractivity contribution in [2.45, 2.75) is 141 Å². The van der Waals surface area contributed by atoms with Crippen LogP contribution in [0.1, 0.15) is 105 Å². The number of allylic oxidation sites excluding steroid dienone is 1. The van der Waals surface area contributed by atoms with Crippen LogP contribution in [0.3, 0.4) is 0 Å². The van der Waals surface area contributed by atoms with Crippen molar-refractivity contribution in [2.24, 2.45) is 11.8 Å². The molecule has 2 fully saturated rings. The molecular weight excluding hydrogens is 384 g/mol. The van der Waals surface area contributed by atoms with Gasteiger partial charge in [0, 0.05) is 15.4 Å². The maximum absolute atomic E-state index is 7.07. The first-order valence-electron chi connectivity index (χ1n) is 12.8. The highest BCUT2D eigenvalue weighted by Crippen LogP contribution is 2.43. The summed E-state index contributed by atoms with van der Waals surface area (Å²) < 4.78 is 7.07. The fraction of sp³-hybridized carbons (Fsp3) is 0.923. The molecule has 0 bridgehead atoms. The Morgan fingerprint density at radius 2 is 1.72 bits per heavy atom. The Bertz CT molecular complexity index is 485. The molecule has 2 aliphatic carbocycles. The van der Waals surface area contributed by atoms with E-state index in [4.69, 9.17) is 4.43 Å². The summed E-state index contributed by atoms with van der Waals surface area (Å²) in [4.78, 5) is 0. The third-order valence-corrected chi connectivity index (χ3v) is 13.7. The molecule has 0 aliphatic heterocycles. The van der Waals surface area contributed by atoms with E-state index in [1.165, 1.54) is 89.1 Å². The predicted octanol–water partition coefficient (Wildman–Crippen LogP) is 8.80. The summed E-state index contributed by atoms with van der Waals surface area (Å²) in [6, 6.07) is 2.84. The van der Waals surface area contributed by atoms with Crippen LogP contribution in [0.25, 0.3) is 0 Å². The van der Waals surface area contributed by atoms with Gasteiger partial charge in [-0.2, -0.15) is 0 Å². The number of rotatable bonds is 10. The monoisotopic (exact) mass is 434 g/mol. The average molecular weight is 435 g/mol. The number of unbranched alkanes of at least 4 members (excludes halogenated alkanes) is 3. The molecule has 2 rings (SSSR count). The average Bonchev–Trinajstić information content (AvgIpc) is 2.66. The molecule has 1 nitrogen and oxygen atoms in total. The second-order valence-corrected chi connectivity index (χ2v) is 17.5. The van der Waals surface area contributed by atoms with Gasteiger partial charge in [-0.15, -0.1) is 0 Å². The molecule has 2 aliphatic rings. The van der Waals surface area contributed by atoms with Crippen LogP contribution in [0.2, 0.25) is 30.2 Å². The third kappa shape index (κ3) is 8.29. The van der Waals surface area contributed by atoms with E-state index in [0.717, 1.165) is 15.4 Å². The molecule has 168 valence electrons. The smallest absolute Gasteiger partial charge is 0.192 e. The van der Waals surface area contributed by atoms with Gasteiger partial charge < -0.3 is 4.43 Å². The summed E-state index contributed by atoms with van der Waals surface area (Å²) >= 11 is 0. The molecule has 0 unspecified atom stereocenters. The highest BCUT2D eigenvalue weighted by Gasteiger charge is 2.42. The molecule has 0 spiro atoms. The molecule has 0 aromatic heterocycles. The Morgan fingerprint density at radius 1 is 1.00 bits per heavy atom. The highest BCUT2D eigenvalue weighted by atomic mass is 28.4. The molecule has 0 N–H and O–H groups in total. The summed E-state index contributed by atoms with van der Waals surface area (Å²) in [5.74, 6) is 1.57. The Labute approximate surface area is 186 Å². The van der Waals surface area contributed by atoms with Crippen molar-refractivity contribution in [2.75, 3.05) is 0 Å². The van der Waals surface area contributed by atoms with Crippen molar-refractivity contribution in [3.63, 3.8) is 0 Å². The minimum absolute atomic E-state index is 0.310. The van der Waals surface area contributed by atoms with E-state index in [0.29, 0.717) is 17.1 Å². The largest absolute Gasteiger partial charge is 0.413 e. The second kappa shape index (κ2) is 12.2. The van der Waals surface area contributed by atoms with Gasteiger partial charge in [-0.1, -0.05) is 96.4 Å². The van der Waals surface area contributed by atoms with Crippen LogP contribution in [0.15, 0.2) is 11.6 Å². The van der Waals surface area contributed by atoms with Crippen molar-refractivity contribution >= 4 is 17.8 Å². The van der Waals surface area contributed by atoms with Gasteiger partial charge in [-0.25, -0.2) is 0 Å². The zero-order valence-electron chi connectivity index (χ0n) is 20.6. The Kier molecular flexibility index (Phi) is 10.7. The minimum Gasteiger partial charge on any atom is -0.413 e. The lowest BCUT2D eigenvalue weighted by molar-refractivity contribution is 0.114. The highest BCUT2D eigenvalue weighted by molar-refractivity contribution is 6.74.